The van der Waals surface area contributed by atoms with Crippen molar-refractivity contribution in [3.8, 4) is 0 Å². The van der Waals surface area contributed by atoms with Crippen molar-refractivity contribution in [2.75, 3.05) is 27.2 Å². The van der Waals surface area contributed by atoms with E-state index < -0.39 is 23.8 Å². The van der Waals surface area contributed by atoms with E-state index in [1.807, 2.05) is 24.7 Å². The Labute approximate surface area is 92.9 Å². The van der Waals surface area contributed by atoms with Gasteiger partial charge in [0.15, 0.2) is 5.92 Å². The van der Waals surface area contributed by atoms with E-state index in [1.54, 1.807) is 0 Å². The highest BCUT2D eigenvalue weighted by Gasteiger charge is 2.32. The normalized spacial score (nSPS) is 18.1. The van der Waals surface area contributed by atoms with Gasteiger partial charge in [0.25, 0.3) is 0 Å². The third kappa shape index (κ3) is 3.43. The highest BCUT2D eigenvalue weighted by molar-refractivity contribution is 6.23. The SMILES string of the molecule is C[NH+](C)CCN=CC1C(=O)NC(=O)NC1=O. The van der Waals surface area contributed by atoms with E-state index in [0.29, 0.717) is 6.54 Å². The van der Waals surface area contributed by atoms with Crippen molar-refractivity contribution in [2.24, 2.45) is 10.9 Å². The number of aliphatic imine (C=N–C) groups is 1. The molecule has 0 unspecified atom stereocenters. The van der Waals surface area contributed by atoms with Gasteiger partial charge in [0.2, 0.25) is 11.8 Å². The van der Waals surface area contributed by atoms with E-state index in [0.717, 1.165) is 6.54 Å². The molecule has 0 saturated carbocycles. The minimum absolute atomic E-state index is 0.535. The molecule has 0 aromatic rings. The summed E-state index contributed by atoms with van der Waals surface area (Å²) in [6.45, 7) is 1.35. The molecule has 1 fully saturated rings. The number of barbiturate groups is 1. The molecule has 1 saturated heterocycles. The highest BCUT2D eigenvalue weighted by Crippen LogP contribution is 1.98. The lowest BCUT2D eigenvalue weighted by Crippen LogP contribution is -3.06. The molecule has 0 aromatic heterocycles. The number of nitrogens with zero attached hydrogens (tertiary/aromatic N) is 1. The third-order valence-electron chi connectivity index (χ3n) is 2.03. The molecule has 0 aromatic carbocycles. The fourth-order valence-electron chi connectivity index (χ4n) is 1.13. The van der Waals surface area contributed by atoms with Crippen LogP contribution in [0, 0.1) is 5.92 Å². The number of carbonyl (C=O) groups is 3. The quantitative estimate of drug-likeness (QED) is 0.357. The third-order valence-corrected chi connectivity index (χ3v) is 2.03. The Hall–Kier alpha value is -1.76. The van der Waals surface area contributed by atoms with E-state index in [4.69, 9.17) is 0 Å². The Morgan fingerprint density at radius 3 is 2.31 bits per heavy atom. The number of hydrogen-bond donors (Lipinski definition) is 3. The average Bonchev–Trinajstić information content (AvgIpc) is 2.14. The number of rotatable bonds is 4. The predicted molar refractivity (Wildman–Crippen MR) is 56.2 cm³/mol. The van der Waals surface area contributed by atoms with Crippen molar-refractivity contribution >= 4 is 24.1 Å². The number of amides is 4. The summed E-state index contributed by atoms with van der Waals surface area (Å²) in [7, 11) is 3.96. The van der Waals surface area contributed by atoms with Crippen molar-refractivity contribution in [1.29, 1.82) is 0 Å². The second-order valence-electron chi connectivity index (χ2n) is 3.80. The number of urea groups is 1. The molecule has 88 valence electrons. The van der Waals surface area contributed by atoms with Crippen LogP contribution in [0.1, 0.15) is 0 Å². The smallest absolute Gasteiger partial charge is 0.328 e. The molecule has 0 atom stereocenters. The summed E-state index contributed by atoms with van der Waals surface area (Å²) in [4.78, 5) is 38.5. The van der Waals surface area contributed by atoms with E-state index in [-0.39, 0.29) is 0 Å². The van der Waals surface area contributed by atoms with Crippen LogP contribution < -0.4 is 15.5 Å². The summed E-state index contributed by atoms with van der Waals surface area (Å²) >= 11 is 0. The molecule has 1 rings (SSSR count). The summed E-state index contributed by atoms with van der Waals surface area (Å²) in [5.74, 6) is -2.26. The van der Waals surface area contributed by atoms with Crippen molar-refractivity contribution in [2.45, 2.75) is 0 Å². The number of imide groups is 2. The van der Waals surface area contributed by atoms with Gasteiger partial charge in [0.1, 0.15) is 0 Å². The van der Waals surface area contributed by atoms with Gasteiger partial charge in [-0.1, -0.05) is 0 Å². The van der Waals surface area contributed by atoms with Gasteiger partial charge in [-0.25, -0.2) is 4.79 Å². The average molecular weight is 227 g/mol. The zero-order chi connectivity index (χ0) is 12.1. The fraction of sp³-hybridized carbons (Fsp3) is 0.556. The Balaban J connectivity index is 2.49. The summed E-state index contributed by atoms with van der Waals surface area (Å²) in [6, 6.07) is -0.780. The second kappa shape index (κ2) is 5.36. The monoisotopic (exact) mass is 227 g/mol. The standard InChI is InChI=1S/C9H14N4O3/c1-13(2)4-3-10-5-6-7(14)11-9(16)12-8(6)15/h5-6H,3-4H2,1-2H3,(H2,11,12,14,15,16)/p+1. The van der Waals surface area contributed by atoms with E-state index >= 15 is 0 Å². The molecular weight excluding hydrogens is 212 g/mol. The van der Waals surface area contributed by atoms with Crippen LogP contribution in [0.25, 0.3) is 0 Å². The van der Waals surface area contributed by atoms with Crippen LogP contribution in [0.2, 0.25) is 0 Å². The first-order chi connectivity index (χ1) is 7.50. The van der Waals surface area contributed by atoms with Crippen molar-refractivity contribution in [3.63, 3.8) is 0 Å². The number of hydrogen-bond acceptors (Lipinski definition) is 4. The van der Waals surface area contributed by atoms with Gasteiger partial charge < -0.3 is 4.90 Å². The first-order valence-electron chi connectivity index (χ1n) is 4.95. The first-order valence-corrected chi connectivity index (χ1v) is 4.95. The van der Waals surface area contributed by atoms with Crippen molar-refractivity contribution in [1.82, 2.24) is 10.6 Å². The van der Waals surface area contributed by atoms with E-state index in [9.17, 15) is 14.4 Å². The molecule has 7 heteroatoms. The molecule has 0 radical (unpaired) electrons. The molecule has 0 aliphatic carbocycles. The Morgan fingerprint density at radius 1 is 1.25 bits per heavy atom. The Morgan fingerprint density at radius 2 is 1.81 bits per heavy atom. The number of quaternary nitrogens is 1. The van der Waals surface area contributed by atoms with Crippen LogP contribution in [0.15, 0.2) is 4.99 Å². The molecule has 1 heterocycles. The molecule has 4 amide bonds. The zero-order valence-corrected chi connectivity index (χ0v) is 9.24. The van der Waals surface area contributed by atoms with Gasteiger partial charge in [0.05, 0.1) is 27.2 Å². The lowest BCUT2D eigenvalue weighted by molar-refractivity contribution is -0.856. The van der Waals surface area contributed by atoms with Gasteiger partial charge in [-0.05, 0) is 0 Å². The molecule has 3 N–H and O–H groups in total. The van der Waals surface area contributed by atoms with Crippen LogP contribution in [0.3, 0.4) is 0 Å². The number of likely N-dealkylation sites (N-methyl/N-ethyl adjacent to an activating group) is 1. The molecule has 7 nitrogen and oxygen atoms in total. The number of nitrogens with one attached hydrogen (secondary N) is 3. The molecule has 16 heavy (non-hydrogen) atoms. The van der Waals surface area contributed by atoms with Crippen molar-refractivity contribution < 1.29 is 19.3 Å². The fourth-order valence-corrected chi connectivity index (χ4v) is 1.13. The van der Waals surface area contributed by atoms with Gasteiger partial charge in [-0.2, -0.15) is 0 Å². The van der Waals surface area contributed by atoms with Crippen LogP contribution in [0.5, 0.6) is 0 Å². The summed E-state index contributed by atoms with van der Waals surface area (Å²) in [6.07, 6.45) is 1.28. The largest absolute Gasteiger partial charge is 0.338 e. The molecule has 0 spiro atoms. The lowest BCUT2D eigenvalue weighted by atomic mass is 10.1. The van der Waals surface area contributed by atoms with E-state index in [2.05, 4.69) is 4.99 Å². The number of carbonyl (C=O) groups excluding carboxylic acids is 3. The van der Waals surface area contributed by atoms with Crippen molar-refractivity contribution in [3.05, 3.63) is 0 Å². The van der Waals surface area contributed by atoms with Gasteiger partial charge in [0, 0.05) is 6.21 Å². The van der Waals surface area contributed by atoms with Gasteiger partial charge in [-0.15, -0.1) is 0 Å². The minimum Gasteiger partial charge on any atom is -0.338 e. The topological polar surface area (TPSA) is 92.1 Å². The second-order valence-corrected chi connectivity index (χ2v) is 3.80. The van der Waals surface area contributed by atoms with Gasteiger partial charge >= 0.3 is 6.03 Å². The molecular formula is C9H15N4O3+. The molecule has 1 aliphatic heterocycles. The predicted octanol–water partition coefficient (Wildman–Crippen LogP) is -2.82. The van der Waals surface area contributed by atoms with Crippen LogP contribution in [0.4, 0.5) is 4.79 Å². The van der Waals surface area contributed by atoms with Crippen LogP contribution in [-0.4, -0.2) is 51.2 Å². The maximum absolute atomic E-state index is 11.3. The lowest BCUT2D eigenvalue weighted by Gasteiger charge is -2.17. The zero-order valence-electron chi connectivity index (χ0n) is 9.24. The molecule has 1 aliphatic rings. The summed E-state index contributed by atoms with van der Waals surface area (Å²) in [5.41, 5.74) is 0. The first kappa shape index (κ1) is 12.3. The Kier molecular flexibility index (Phi) is 4.12. The minimum atomic E-state index is -1.00. The van der Waals surface area contributed by atoms with Crippen LogP contribution >= 0.6 is 0 Å². The maximum atomic E-state index is 11.3. The van der Waals surface area contributed by atoms with Gasteiger partial charge in [-0.3, -0.25) is 25.2 Å². The Bertz CT molecular complexity index is 318. The molecule has 0 bridgehead atoms. The van der Waals surface area contributed by atoms with Crippen LogP contribution in [-0.2, 0) is 9.59 Å². The highest BCUT2D eigenvalue weighted by atomic mass is 16.2. The van der Waals surface area contributed by atoms with E-state index in [1.165, 1.54) is 11.1 Å². The summed E-state index contributed by atoms with van der Waals surface area (Å²) in [5, 5.41) is 4.01. The maximum Gasteiger partial charge on any atom is 0.328 e. The summed E-state index contributed by atoms with van der Waals surface area (Å²) < 4.78 is 0.